The van der Waals surface area contributed by atoms with E-state index in [1.807, 2.05) is 22.8 Å². The summed E-state index contributed by atoms with van der Waals surface area (Å²) in [5, 5.41) is 0.708. The summed E-state index contributed by atoms with van der Waals surface area (Å²) in [4.78, 5) is 3.20. The lowest BCUT2D eigenvalue weighted by atomic mass is 10.1. The molecule has 3 aromatic rings. The van der Waals surface area contributed by atoms with Crippen LogP contribution >= 0.6 is 23.8 Å². The van der Waals surface area contributed by atoms with Crippen molar-refractivity contribution in [3.8, 4) is 5.69 Å². The van der Waals surface area contributed by atoms with Crippen molar-refractivity contribution in [1.82, 2.24) is 9.55 Å². The Morgan fingerprint density at radius 2 is 1.90 bits per heavy atom. The summed E-state index contributed by atoms with van der Waals surface area (Å²) in [6.07, 6.45) is 2.26. The van der Waals surface area contributed by atoms with Gasteiger partial charge in [-0.05, 0) is 54.5 Å². The molecule has 1 heterocycles. The van der Waals surface area contributed by atoms with Crippen molar-refractivity contribution in [1.29, 1.82) is 0 Å². The van der Waals surface area contributed by atoms with Crippen molar-refractivity contribution in [2.24, 2.45) is 0 Å². The molecule has 102 valence electrons. The van der Waals surface area contributed by atoms with Gasteiger partial charge < -0.3 is 4.98 Å². The summed E-state index contributed by atoms with van der Waals surface area (Å²) < 4.78 is 2.72. The zero-order valence-corrected chi connectivity index (χ0v) is 12.8. The molecule has 0 aliphatic rings. The van der Waals surface area contributed by atoms with Crippen LogP contribution in [0, 0.1) is 4.77 Å². The molecule has 4 heteroatoms. The minimum Gasteiger partial charge on any atom is -0.330 e. The maximum atomic E-state index is 6.02. The molecule has 20 heavy (non-hydrogen) atoms. The van der Waals surface area contributed by atoms with Crippen molar-refractivity contribution < 1.29 is 0 Å². The summed E-state index contributed by atoms with van der Waals surface area (Å²) >= 11 is 11.4. The average molecular weight is 303 g/mol. The molecule has 1 N–H and O–H groups in total. The third-order valence-corrected chi connectivity index (χ3v) is 3.90. The van der Waals surface area contributed by atoms with Crippen LogP contribution in [0.25, 0.3) is 16.7 Å². The number of nitrogens with zero attached hydrogens (tertiary/aromatic N) is 1. The van der Waals surface area contributed by atoms with E-state index in [4.69, 9.17) is 23.8 Å². The molecule has 0 radical (unpaired) electrons. The van der Waals surface area contributed by atoms with Crippen molar-refractivity contribution in [3.05, 3.63) is 57.8 Å². The molecule has 0 spiro atoms. The Labute approximate surface area is 128 Å². The van der Waals surface area contributed by atoms with Gasteiger partial charge in [0.15, 0.2) is 4.77 Å². The SMILES string of the molecule is CCCc1ccc(-n2c(=S)[nH]c3cc(Cl)ccc32)cc1. The highest BCUT2D eigenvalue weighted by Gasteiger charge is 2.06. The maximum absolute atomic E-state index is 6.02. The number of nitrogens with one attached hydrogen (secondary N) is 1. The van der Waals surface area contributed by atoms with E-state index in [0.717, 1.165) is 29.6 Å². The van der Waals surface area contributed by atoms with Crippen LogP contribution in [0.2, 0.25) is 5.02 Å². The quantitative estimate of drug-likeness (QED) is 0.652. The van der Waals surface area contributed by atoms with Crippen LogP contribution in [0.4, 0.5) is 0 Å². The standard InChI is InChI=1S/C16H15ClN2S/c1-2-3-11-4-7-13(8-5-11)19-15-9-6-12(17)10-14(15)18-16(19)20/h4-10H,2-3H2,1H3,(H,18,20). The van der Waals surface area contributed by atoms with Crippen LogP contribution in [-0.2, 0) is 6.42 Å². The smallest absolute Gasteiger partial charge is 0.182 e. The summed E-state index contributed by atoms with van der Waals surface area (Å²) in [5.41, 5.74) is 4.43. The van der Waals surface area contributed by atoms with Gasteiger partial charge in [0.2, 0.25) is 0 Å². The van der Waals surface area contributed by atoms with E-state index < -0.39 is 0 Å². The van der Waals surface area contributed by atoms with E-state index in [-0.39, 0.29) is 0 Å². The lowest BCUT2D eigenvalue weighted by Crippen LogP contribution is -1.94. The molecule has 0 fully saturated rings. The Morgan fingerprint density at radius 1 is 1.15 bits per heavy atom. The number of benzene rings is 2. The molecule has 0 aliphatic carbocycles. The van der Waals surface area contributed by atoms with Crippen LogP contribution in [0.15, 0.2) is 42.5 Å². The minimum atomic E-state index is 0.686. The Kier molecular flexibility index (Phi) is 3.64. The first-order valence-electron chi connectivity index (χ1n) is 6.68. The van der Waals surface area contributed by atoms with Crippen molar-refractivity contribution in [2.75, 3.05) is 0 Å². The Balaban J connectivity index is 2.14. The number of imidazole rings is 1. The second-order valence-corrected chi connectivity index (χ2v) is 5.67. The Hall–Kier alpha value is -1.58. The topological polar surface area (TPSA) is 20.7 Å². The van der Waals surface area contributed by atoms with Crippen LogP contribution in [0.1, 0.15) is 18.9 Å². The normalized spacial score (nSPS) is 11.1. The van der Waals surface area contributed by atoms with E-state index in [1.165, 1.54) is 5.56 Å². The zero-order valence-electron chi connectivity index (χ0n) is 11.2. The van der Waals surface area contributed by atoms with Gasteiger partial charge in [0, 0.05) is 10.7 Å². The third kappa shape index (κ3) is 2.39. The predicted molar refractivity (Wildman–Crippen MR) is 87.5 cm³/mol. The zero-order chi connectivity index (χ0) is 14.1. The number of fused-ring (bicyclic) bond motifs is 1. The Morgan fingerprint density at radius 3 is 2.60 bits per heavy atom. The van der Waals surface area contributed by atoms with E-state index in [0.29, 0.717) is 9.79 Å². The van der Waals surface area contributed by atoms with Crippen LogP contribution in [-0.4, -0.2) is 9.55 Å². The molecular weight excluding hydrogens is 288 g/mol. The van der Waals surface area contributed by atoms with E-state index in [9.17, 15) is 0 Å². The minimum absolute atomic E-state index is 0.686. The van der Waals surface area contributed by atoms with E-state index >= 15 is 0 Å². The summed E-state index contributed by atoms with van der Waals surface area (Å²) in [7, 11) is 0. The van der Waals surface area contributed by atoms with Crippen molar-refractivity contribution >= 4 is 34.9 Å². The lowest BCUT2D eigenvalue weighted by Gasteiger charge is -2.06. The first kappa shape index (κ1) is 13.4. The summed E-state index contributed by atoms with van der Waals surface area (Å²) in [6, 6.07) is 14.3. The fraction of sp³-hybridized carbons (Fsp3) is 0.188. The molecule has 3 rings (SSSR count). The predicted octanol–water partition coefficient (Wildman–Crippen LogP) is 5.29. The maximum Gasteiger partial charge on any atom is 0.182 e. The number of hydrogen-bond acceptors (Lipinski definition) is 1. The molecule has 1 aromatic heterocycles. The number of halogens is 1. The number of aromatic nitrogens is 2. The molecule has 0 amide bonds. The largest absolute Gasteiger partial charge is 0.330 e. The molecule has 0 saturated carbocycles. The van der Waals surface area contributed by atoms with E-state index in [1.54, 1.807) is 0 Å². The van der Waals surface area contributed by atoms with Crippen molar-refractivity contribution in [2.45, 2.75) is 19.8 Å². The molecule has 0 bridgehead atoms. The second-order valence-electron chi connectivity index (χ2n) is 4.84. The van der Waals surface area contributed by atoms with Gasteiger partial charge in [-0.2, -0.15) is 0 Å². The number of H-pyrrole nitrogens is 1. The molecular formula is C16H15ClN2S. The highest BCUT2D eigenvalue weighted by molar-refractivity contribution is 7.71. The van der Waals surface area contributed by atoms with Gasteiger partial charge >= 0.3 is 0 Å². The molecule has 0 unspecified atom stereocenters. The lowest BCUT2D eigenvalue weighted by molar-refractivity contribution is 0.920. The molecule has 2 aromatic carbocycles. The first-order chi connectivity index (χ1) is 9.69. The molecule has 2 nitrogen and oxygen atoms in total. The Bertz CT molecular complexity index is 799. The third-order valence-electron chi connectivity index (χ3n) is 3.38. The highest BCUT2D eigenvalue weighted by atomic mass is 35.5. The van der Waals surface area contributed by atoms with E-state index in [2.05, 4.69) is 36.2 Å². The summed E-state index contributed by atoms with van der Waals surface area (Å²) in [5.74, 6) is 0. The van der Waals surface area contributed by atoms with Gasteiger partial charge in [-0.25, -0.2) is 0 Å². The number of aromatic amines is 1. The number of aryl methyl sites for hydroxylation is 1. The van der Waals surface area contributed by atoms with Gasteiger partial charge in [0.1, 0.15) is 0 Å². The van der Waals surface area contributed by atoms with Crippen LogP contribution < -0.4 is 0 Å². The fourth-order valence-electron chi connectivity index (χ4n) is 2.44. The van der Waals surface area contributed by atoms with Gasteiger partial charge in [-0.3, -0.25) is 4.57 Å². The first-order valence-corrected chi connectivity index (χ1v) is 7.47. The van der Waals surface area contributed by atoms with Crippen LogP contribution in [0.5, 0.6) is 0 Å². The monoisotopic (exact) mass is 302 g/mol. The molecule has 0 aliphatic heterocycles. The highest BCUT2D eigenvalue weighted by Crippen LogP contribution is 2.23. The second kappa shape index (κ2) is 5.43. The molecule has 0 atom stereocenters. The fourth-order valence-corrected chi connectivity index (χ4v) is 2.93. The van der Waals surface area contributed by atoms with Gasteiger partial charge in [0.25, 0.3) is 0 Å². The number of hydrogen-bond donors (Lipinski definition) is 1. The summed E-state index contributed by atoms with van der Waals surface area (Å²) in [6.45, 7) is 2.19. The van der Waals surface area contributed by atoms with Gasteiger partial charge in [0.05, 0.1) is 11.0 Å². The molecule has 0 saturated heterocycles. The van der Waals surface area contributed by atoms with Gasteiger partial charge in [-0.1, -0.05) is 37.1 Å². The van der Waals surface area contributed by atoms with Crippen molar-refractivity contribution in [3.63, 3.8) is 0 Å². The van der Waals surface area contributed by atoms with Crippen LogP contribution in [0.3, 0.4) is 0 Å². The number of rotatable bonds is 3. The average Bonchev–Trinajstić information content (AvgIpc) is 2.75. The van der Waals surface area contributed by atoms with Gasteiger partial charge in [-0.15, -0.1) is 0 Å².